The summed E-state index contributed by atoms with van der Waals surface area (Å²) in [5, 5.41) is 4.11. The van der Waals surface area contributed by atoms with Crippen molar-refractivity contribution in [2.75, 3.05) is 46.8 Å². The summed E-state index contributed by atoms with van der Waals surface area (Å²) in [6.45, 7) is 3.03. The smallest absolute Gasteiger partial charge is 0.281 e. The summed E-state index contributed by atoms with van der Waals surface area (Å²) in [5.41, 5.74) is 0.701. The van der Waals surface area contributed by atoms with Crippen LogP contribution in [0.1, 0.15) is 23.2 Å². The molecule has 2 aliphatic heterocycles. The molecular formula is C18H27ClN4O3S. The third kappa shape index (κ3) is 4.70. The molecule has 0 radical (unpaired) electrons. The highest BCUT2D eigenvalue weighted by Crippen LogP contribution is 2.25. The van der Waals surface area contributed by atoms with Crippen molar-refractivity contribution < 1.29 is 13.2 Å². The quantitative estimate of drug-likeness (QED) is 0.734. The number of nitrogens with zero attached hydrogens (tertiary/aromatic N) is 3. The van der Waals surface area contributed by atoms with Crippen molar-refractivity contribution in [3.05, 3.63) is 34.9 Å². The van der Waals surface area contributed by atoms with Crippen LogP contribution in [-0.2, 0) is 10.2 Å². The number of hydrogen-bond donors (Lipinski definition) is 1. The van der Waals surface area contributed by atoms with Gasteiger partial charge in [0.2, 0.25) is 0 Å². The molecule has 0 aromatic heterocycles. The minimum absolute atomic E-state index is 0.0269. The maximum atomic E-state index is 12.8. The zero-order valence-corrected chi connectivity index (χ0v) is 17.3. The first-order chi connectivity index (χ1) is 12.8. The molecule has 3 rings (SSSR count). The summed E-state index contributed by atoms with van der Waals surface area (Å²) in [4.78, 5) is 15.1. The number of carbonyl (C=O) groups excluding carboxylic acids is 1. The van der Waals surface area contributed by atoms with Gasteiger partial charge in [-0.05, 0) is 43.7 Å². The van der Waals surface area contributed by atoms with Gasteiger partial charge in [0.05, 0.1) is 6.17 Å². The van der Waals surface area contributed by atoms with Crippen LogP contribution in [0.25, 0.3) is 0 Å². The number of halogens is 1. The molecule has 2 atom stereocenters. The molecule has 9 heteroatoms. The van der Waals surface area contributed by atoms with Crippen molar-refractivity contribution in [3.8, 4) is 0 Å². The van der Waals surface area contributed by atoms with Gasteiger partial charge < -0.3 is 5.32 Å². The lowest BCUT2D eigenvalue weighted by Gasteiger charge is -2.42. The van der Waals surface area contributed by atoms with Gasteiger partial charge >= 0.3 is 0 Å². The van der Waals surface area contributed by atoms with Crippen molar-refractivity contribution in [2.45, 2.75) is 19.0 Å². The summed E-state index contributed by atoms with van der Waals surface area (Å²) >= 11 is 5.91. The number of benzene rings is 1. The molecule has 0 amide bonds. The minimum atomic E-state index is -3.36. The van der Waals surface area contributed by atoms with Crippen molar-refractivity contribution >= 4 is 27.6 Å². The third-order valence-electron chi connectivity index (χ3n) is 5.38. The summed E-state index contributed by atoms with van der Waals surface area (Å²) < 4.78 is 27.3. The number of ketones is 1. The molecule has 1 aromatic rings. The van der Waals surface area contributed by atoms with Crippen LogP contribution in [0.4, 0.5) is 0 Å². The molecule has 2 saturated heterocycles. The highest BCUT2D eigenvalue weighted by Gasteiger charge is 2.34. The van der Waals surface area contributed by atoms with Gasteiger partial charge in [-0.3, -0.25) is 9.69 Å². The van der Waals surface area contributed by atoms with Gasteiger partial charge in [-0.25, -0.2) is 0 Å². The van der Waals surface area contributed by atoms with Gasteiger partial charge in [-0.2, -0.15) is 17.0 Å². The van der Waals surface area contributed by atoms with Crippen molar-refractivity contribution in [1.82, 2.24) is 18.8 Å². The van der Waals surface area contributed by atoms with Gasteiger partial charge in [0.1, 0.15) is 0 Å². The van der Waals surface area contributed by atoms with Crippen LogP contribution >= 0.6 is 11.6 Å². The van der Waals surface area contributed by atoms with Crippen molar-refractivity contribution in [1.29, 1.82) is 0 Å². The molecule has 27 heavy (non-hydrogen) atoms. The Morgan fingerprint density at radius 3 is 2.37 bits per heavy atom. The van der Waals surface area contributed by atoms with E-state index in [0.29, 0.717) is 36.8 Å². The summed E-state index contributed by atoms with van der Waals surface area (Å²) in [6.07, 6.45) is 1.65. The fraction of sp³-hybridized carbons (Fsp3) is 0.611. The van der Waals surface area contributed by atoms with E-state index in [0.717, 1.165) is 19.4 Å². The van der Waals surface area contributed by atoms with Crippen LogP contribution in [0.3, 0.4) is 0 Å². The maximum absolute atomic E-state index is 12.8. The summed E-state index contributed by atoms with van der Waals surface area (Å²) in [6, 6.07) is 7.06. The standard InChI is InChI=1S/C18H27ClN4O3S/c1-21(2)27(25,26)23-11-9-22(10-12-23)17-13-15(7-8-20-17)18(24)14-3-5-16(19)6-4-14/h3-6,15,17,20H,7-13H2,1-2H3/t15?,17-/m1/s1. The van der Waals surface area contributed by atoms with Crippen LogP contribution in [0.5, 0.6) is 0 Å². The van der Waals surface area contributed by atoms with E-state index in [1.165, 1.54) is 8.61 Å². The Morgan fingerprint density at radius 1 is 1.15 bits per heavy atom. The Labute approximate surface area is 166 Å². The van der Waals surface area contributed by atoms with Crippen LogP contribution in [-0.4, -0.2) is 80.7 Å². The zero-order valence-electron chi connectivity index (χ0n) is 15.8. The molecule has 150 valence electrons. The Bertz CT molecular complexity index is 761. The lowest BCUT2D eigenvalue weighted by atomic mass is 9.87. The van der Waals surface area contributed by atoms with E-state index in [9.17, 15) is 13.2 Å². The fourth-order valence-electron chi connectivity index (χ4n) is 3.74. The van der Waals surface area contributed by atoms with Gasteiger partial charge in [-0.15, -0.1) is 0 Å². The van der Waals surface area contributed by atoms with Gasteiger partial charge in [-0.1, -0.05) is 11.6 Å². The van der Waals surface area contributed by atoms with E-state index in [1.54, 1.807) is 38.4 Å². The maximum Gasteiger partial charge on any atom is 0.281 e. The van der Waals surface area contributed by atoms with Gasteiger partial charge in [0.15, 0.2) is 5.78 Å². The molecule has 0 spiro atoms. The third-order valence-corrected chi connectivity index (χ3v) is 7.57. The lowest BCUT2D eigenvalue weighted by molar-refractivity contribution is 0.0649. The normalized spacial score (nSPS) is 25.6. The second-order valence-electron chi connectivity index (χ2n) is 7.29. The predicted octanol–water partition coefficient (Wildman–Crippen LogP) is 1.27. The van der Waals surface area contributed by atoms with E-state index in [-0.39, 0.29) is 17.9 Å². The second kappa shape index (κ2) is 8.55. The first-order valence-corrected chi connectivity index (χ1v) is 11.0. The lowest BCUT2D eigenvalue weighted by Crippen LogP contribution is -2.59. The molecule has 7 nitrogen and oxygen atoms in total. The first-order valence-electron chi connectivity index (χ1n) is 9.24. The van der Waals surface area contributed by atoms with E-state index in [2.05, 4.69) is 10.2 Å². The number of nitrogens with one attached hydrogen (secondary N) is 1. The average molecular weight is 415 g/mol. The number of carbonyl (C=O) groups is 1. The fourth-order valence-corrected chi connectivity index (χ4v) is 4.95. The molecule has 2 heterocycles. The predicted molar refractivity (Wildman–Crippen MR) is 106 cm³/mol. The average Bonchev–Trinajstić information content (AvgIpc) is 2.68. The highest BCUT2D eigenvalue weighted by molar-refractivity contribution is 7.86. The zero-order chi connectivity index (χ0) is 19.6. The number of Topliss-reactive ketones (excluding diaryl/α,β-unsaturated/α-hetero) is 1. The molecule has 1 aromatic carbocycles. The van der Waals surface area contributed by atoms with Crippen molar-refractivity contribution in [3.63, 3.8) is 0 Å². The van der Waals surface area contributed by atoms with Gasteiger partial charge in [0.25, 0.3) is 10.2 Å². The van der Waals surface area contributed by atoms with Crippen molar-refractivity contribution in [2.24, 2.45) is 5.92 Å². The van der Waals surface area contributed by atoms with Crippen LogP contribution in [0.2, 0.25) is 5.02 Å². The largest absolute Gasteiger partial charge is 0.302 e. The van der Waals surface area contributed by atoms with Crippen LogP contribution in [0, 0.1) is 5.92 Å². The minimum Gasteiger partial charge on any atom is -0.302 e. The molecule has 2 fully saturated rings. The summed E-state index contributed by atoms with van der Waals surface area (Å²) in [5.74, 6) is 0.132. The van der Waals surface area contributed by atoms with Crippen LogP contribution in [0.15, 0.2) is 24.3 Å². The Kier molecular flexibility index (Phi) is 6.55. The highest BCUT2D eigenvalue weighted by atomic mass is 35.5. The Hall–Kier alpha value is -1.03. The molecular weight excluding hydrogens is 388 g/mol. The number of piperazine rings is 1. The Balaban J connectivity index is 1.59. The Morgan fingerprint density at radius 2 is 1.78 bits per heavy atom. The monoisotopic (exact) mass is 414 g/mol. The topological polar surface area (TPSA) is 73.0 Å². The molecule has 1 unspecified atom stereocenters. The molecule has 0 bridgehead atoms. The van der Waals surface area contributed by atoms with Crippen LogP contribution < -0.4 is 5.32 Å². The molecule has 2 aliphatic rings. The molecule has 0 saturated carbocycles. The number of piperidine rings is 1. The molecule has 1 N–H and O–H groups in total. The van der Waals surface area contributed by atoms with E-state index < -0.39 is 10.2 Å². The molecule has 0 aliphatic carbocycles. The van der Waals surface area contributed by atoms with E-state index in [1.807, 2.05) is 0 Å². The number of hydrogen-bond acceptors (Lipinski definition) is 5. The van der Waals surface area contributed by atoms with E-state index >= 15 is 0 Å². The van der Waals surface area contributed by atoms with E-state index in [4.69, 9.17) is 11.6 Å². The SMILES string of the molecule is CN(C)S(=O)(=O)N1CCN([C@@H]2CC(C(=O)c3ccc(Cl)cc3)CCN2)CC1. The number of rotatable bonds is 5. The van der Waals surface area contributed by atoms with Gasteiger partial charge in [0, 0.05) is 56.8 Å². The first kappa shape index (κ1) is 20.7. The summed E-state index contributed by atoms with van der Waals surface area (Å²) in [7, 11) is -0.257. The second-order valence-corrected chi connectivity index (χ2v) is 9.87.